The van der Waals surface area contributed by atoms with Crippen LogP contribution in [0.5, 0.6) is 0 Å². The molecule has 1 aromatic rings. The molecule has 4 heterocycles. The largest absolute Gasteiger partial charge is 0.369 e. The Balaban J connectivity index is 1.54. The molecule has 4 saturated heterocycles. The summed E-state index contributed by atoms with van der Waals surface area (Å²) in [5, 5.41) is 0. The Bertz CT molecular complexity index is 792. The molecule has 2 atom stereocenters. The topological polar surface area (TPSA) is 60.9 Å². The maximum Gasteiger partial charge on any atom is 0.210 e. The Kier molecular flexibility index (Phi) is 4.61. The van der Waals surface area contributed by atoms with Crippen LogP contribution in [0.3, 0.4) is 0 Å². The van der Waals surface area contributed by atoms with Crippen molar-refractivity contribution in [1.29, 1.82) is 0 Å². The van der Waals surface area contributed by atoms with Crippen molar-refractivity contribution in [3.63, 3.8) is 0 Å². The van der Waals surface area contributed by atoms with Gasteiger partial charge in [-0.15, -0.1) is 0 Å². The summed E-state index contributed by atoms with van der Waals surface area (Å²) in [6.45, 7) is 7.48. The highest BCUT2D eigenvalue weighted by Crippen LogP contribution is 2.43. The Morgan fingerprint density at radius 3 is 2.30 bits per heavy atom. The summed E-state index contributed by atoms with van der Waals surface area (Å²) in [4.78, 5) is 18.1. The number of sulfone groups is 1. The number of fused-ring (bicyclic) bond motifs is 4. The van der Waals surface area contributed by atoms with Crippen LogP contribution in [0.1, 0.15) is 26.7 Å². The maximum absolute atomic E-state index is 11.6. The molecule has 0 saturated carbocycles. The zero-order chi connectivity index (χ0) is 19.2. The Hall–Kier alpha value is -1.76. The van der Waals surface area contributed by atoms with E-state index < -0.39 is 9.84 Å². The van der Waals surface area contributed by atoms with Gasteiger partial charge in [-0.3, -0.25) is 4.79 Å². The highest BCUT2D eigenvalue weighted by Gasteiger charge is 2.46. The SMILES string of the molecule is CC1(C)C[C@@H]2CN(c3ccc(N4CCS(=O)(=O)CC4)cc3)[C@H]1CCN2C=O. The van der Waals surface area contributed by atoms with Crippen LogP contribution in [0.4, 0.5) is 11.4 Å². The molecule has 1 aromatic carbocycles. The lowest BCUT2D eigenvalue weighted by atomic mass is 9.74. The fourth-order valence-corrected chi connectivity index (χ4v) is 6.26. The van der Waals surface area contributed by atoms with Gasteiger partial charge in [-0.1, -0.05) is 13.8 Å². The molecule has 4 aliphatic rings. The van der Waals surface area contributed by atoms with Gasteiger partial charge in [0.25, 0.3) is 0 Å². The standard InChI is InChI=1S/C20H29N3O3S/c1-20(2)13-18-14-23(19(20)7-8-22(18)15-24)17-5-3-16(4-6-17)21-9-11-27(25,26)12-10-21/h3-6,15,18-19H,7-14H2,1-2H3/t18-,19+/m1/s1. The molecule has 0 aromatic heterocycles. The number of piperidine rings is 1. The average molecular weight is 392 g/mol. The minimum absolute atomic E-state index is 0.167. The zero-order valence-electron chi connectivity index (χ0n) is 16.2. The summed E-state index contributed by atoms with van der Waals surface area (Å²) in [6, 6.07) is 9.21. The van der Waals surface area contributed by atoms with Gasteiger partial charge in [0.2, 0.25) is 6.41 Å². The molecule has 0 aliphatic carbocycles. The minimum atomic E-state index is -2.86. The summed E-state index contributed by atoms with van der Waals surface area (Å²) in [7, 11) is -2.86. The fourth-order valence-electron chi connectivity index (χ4n) is 5.06. The fraction of sp³-hybridized carbons (Fsp3) is 0.650. The number of hydrogen-bond donors (Lipinski definition) is 0. The Morgan fingerprint density at radius 1 is 1.04 bits per heavy atom. The van der Waals surface area contributed by atoms with Gasteiger partial charge in [0.05, 0.1) is 11.5 Å². The second kappa shape index (κ2) is 6.69. The number of rotatable bonds is 3. The molecule has 7 heteroatoms. The van der Waals surface area contributed by atoms with Crippen LogP contribution in [0.15, 0.2) is 24.3 Å². The molecule has 4 aliphatic heterocycles. The third-order valence-electron chi connectivity index (χ3n) is 6.60. The van der Waals surface area contributed by atoms with Crippen LogP contribution in [0.25, 0.3) is 0 Å². The van der Waals surface area contributed by atoms with E-state index in [1.165, 1.54) is 5.69 Å². The first kappa shape index (κ1) is 18.6. The van der Waals surface area contributed by atoms with Gasteiger partial charge in [0, 0.05) is 49.6 Å². The maximum atomic E-state index is 11.6. The van der Waals surface area contributed by atoms with Crippen molar-refractivity contribution in [2.75, 3.05) is 47.5 Å². The molecular weight excluding hydrogens is 362 g/mol. The van der Waals surface area contributed by atoms with Gasteiger partial charge < -0.3 is 14.7 Å². The molecule has 2 bridgehead atoms. The first-order valence-electron chi connectivity index (χ1n) is 9.82. The van der Waals surface area contributed by atoms with E-state index in [0.29, 0.717) is 19.1 Å². The Morgan fingerprint density at radius 2 is 1.67 bits per heavy atom. The van der Waals surface area contributed by atoms with Crippen molar-refractivity contribution in [2.45, 2.75) is 38.8 Å². The second-order valence-corrected chi connectivity index (χ2v) is 11.1. The molecule has 5 rings (SSSR count). The van der Waals surface area contributed by atoms with Crippen LogP contribution in [-0.4, -0.2) is 69.5 Å². The minimum Gasteiger partial charge on any atom is -0.369 e. The Labute approximate surface area is 162 Å². The average Bonchev–Trinajstić information content (AvgIpc) is 2.88. The van der Waals surface area contributed by atoms with Crippen LogP contribution in [0.2, 0.25) is 0 Å². The van der Waals surface area contributed by atoms with Crippen molar-refractivity contribution in [2.24, 2.45) is 5.41 Å². The van der Waals surface area contributed by atoms with Gasteiger partial charge in [-0.25, -0.2) is 8.42 Å². The first-order valence-corrected chi connectivity index (χ1v) is 11.6. The van der Waals surface area contributed by atoms with E-state index in [2.05, 4.69) is 47.9 Å². The van der Waals surface area contributed by atoms with Crippen LogP contribution in [-0.2, 0) is 14.6 Å². The predicted octanol–water partition coefficient (Wildman–Crippen LogP) is 1.76. The molecule has 27 heavy (non-hydrogen) atoms. The molecule has 148 valence electrons. The summed E-state index contributed by atoms with van der Waals surface area (Å²) >= 11 is 0. The molecule has 0 unspecified atom stereocenters. The van der Waals surface area contributed by atoms with E-state index in [0.717, 1.165) is 38.0 Å². The highest BCUT2D eigenvalue weighted by molar-refractivity contribution is 7.91. The summed E-state index contributed by atoms with van der Waals surface area (Å²) in [5.41, 5.74) is 2.45. The monoisotopic (exact) mass is 391 g/mol. The van der Waals surface area contributed by atoms with E-state index in [1.807, 2.05) is 4.90 Å². The van der Waals surface area contributed by atoms with Gasteiger partial charge in [-0.05, 0) is 42.5 Å². The quantitative estimate of drug-likeness (QED) is 0.735. The molecule has 0 spiro atoms. The predicted molar refractivity (Wildman–Crippen MR) is 108 cm³/mol. The van der Waals surface area contributed by atoms with Crippen LogP contribution < -0.4 is 9.80 Å². The van der Waals surface area contributed by atoms with Crippen LogP contribution >= 0.6 is 0 Å². The normalized spacial score (nSPS) is 29.5. The number of hydrogen-bond acceptors (Lipinski definition) is 5. The summed E-state index contributed by atoms with van der Waals surface area (Å²) < 4.78 is 23.3. The number of amides is 1. The lowest BCUT2D eigenvalue weighted by Gasteiger charge is -2.49. The number of carbonyl (C=O) groups excluding carboxylic acids is 1. The number of benzene rings is 1. The molecule has 6 nitrogen and oxygen atoms in total. The van der Waals surface area contributed by atoms with Gasteiger partial charge in [-0.2, -0.15) is 0 Å². The van der Waals surface area contributed by atoms with Gasteiger partial charge >= 0.3 is 0 Å². The highest BCUT2D eigenvalue weighted by atomic mass is 32.2. The van der Waals surface area contributed by atoms with Crippen molar-refractivity contribution in [3.8, 4) is 0 Å². The smallest absolute Gasteiger partial charge is 0.210 e. The molecule has 0 radical (unpaired) electrons. The first-order chi connectivity index (χ1) is 12.8. The van der Waals surface area contributed by atoms with E-state index in [1.54, 1.807) is 0 Å². The molecular formula is C20H29N3O3S. The van der Waals surface area contributed by atoms with E-state index in [9.17, 15) is 13.2 Å². The van der Waals surface area contributed by atoms with Crippen LogP contribution in [0, 0.1) is 5.41 Å². The third-order valence-corrected chi connectivity index (χ3v) is 8.21. The number of anilines is 2. The molecule has 1 amide bonds. The van der Waals surface area contributed by atoms with Crippen molar-refractivity contribution < 1.29 is 13.2 Å². The van der Waals surface area contributed by atoms with Gasteiger partial charge in [0.1, 0.15) is 0 Å². The zero-order valence-corrected chi connectivity index (χ0v) is 17.0. The summed E-state index contributed by atoms with van der Waals surface area (Å²) in [6.07, 6.45) is 3.06. The molecule has 0 N–H and O–H groups in total. The second-order valence-electron chi connectivity index (χ2n) is 8.80. The summed E-state index contributed by atoms with van der Waals surface area (Å²) in [5.74, 6) is 0.473. The van der Waals surface area contributed by atoms with E-state index >= 15 is 0 Å². The van der Waals surface area contributed by atoms with E-state index in [-0.39, 0.29) is 23.0 Å². The lowest BCUT2D eigenvalue weighted by molar-refractivity contribution is -0.120. The van der Waals surface area contributed by atoms with Crippen molar-refractivity contribution in [1.82, 2.24) is 4.90 Å². The molecule has 4 fully saturated rings. The van der Waals surface area contributed by atoms with Crippen molar-refractivity contribution >= 4 is 27.6 Å². The van der Waals surface area contributed by atoms with Crippen molar-refractivity contribution in [3.05, 3.63) is 24.3 Å². The number of carbonyl (C=O) groups is 1. The van der Waals surface area contributed by atoms with Gasteiger partial charge in [0.15, 0.2) is 9.84 Å². The lowest BCUT2D eigenvalue weighted by Crippen LogP contribution is -2.55. The van der Waals surface area contributed by atoms with E-state index in [4.69, 9.17) is 0 Å². The number of nitrogens with zero attached hydrogens (tertiary/aromatic N) is 3. The third kappa shape index (κ3) is 3.53.